The van der Waals surface area contributed by atoms with E-state index in [0.717, 1.165) is 0 Å². The van der Waals surface area contributed by atoms with Gasteiger partial charge in [-0.15, -0.1) is 11.3 Å². The number of nitrogens with two attached hydrogens (primary N) is 1. The SMILES string of the molecule is Nc1nc2sccn2c1S(=O)(=O)N1CCNC(=O)CC1. The standard InChI is InChI=1S/C10H13N5O3S2/c11-8-9(15-5-6-19-10(15)13-8)20(17,18)14-3-1-7(16)12-2-4-14/h5-6H,1-4,11H2,(H,12,16). The van der Waals surface area contributed by atoms with Gasteiger partial charge in [-0.3, -0.25) is 9.20 Å². The minimum Gasteiger partial charge on any atom is -0.381 e. The lowest BCUT2D eigenvalue weighted by molar-refractivity contribution is -0.120. The quantitative estimate of drug-likeness (QED) is 0.775. The van der Waals surface area contributed by atoms with E-state index in [0.29, 0.717) is 11.5 Å². The Labute approximate surface area is 119 Å². The number of anilines is 1. The zero-order valence-electron chi connectivity index (χ0n) is 10.4. The van der Waals surface area contributed by atoms with E-state index in [4.69, 9.17) is 5.73 Å². The van der Waals surface area contributed by atoms with Crippen LogP contribution in [-0.2, 0) is 14.8 Å². The number of aromatic nitrogens is 2. The summed E-state index contributed by atoms with van der Waals surface area (Å²) in [6.45, 7) is 0.666. The first kappa shape index (κ1) is 13.3. The van der Waals surface area contributed by atoms with Gasteiger partial charge in [-0.1, -0.05) is 0 Å². The van der Waals surface area contributed by atoms with Gasteiger partial charge in [-0.25, -0.2) is 13.4 Å². The maximum atomic E-state index is 12.7. The Balaban J connectivity index is 2.05. The Morgan fingerprint density at radius 1 is 1.40 bits per heavy atom. The van der Waals surface area contributed by atoms with Crippen molar-refractivity contribution in [2.75, 3.05) is 25.4 Å². The number of carbonyl (C=O) groups is 1. The molecule has 3 rings (SSSR count). The number of hydrogen-bond donors (Lipinski definition) is 2. The van der Waals surface area contributed by atoms with Gasteiger partial charge < -0.3 is 11.1 Å². The van der Waals surface area contributed by atoms with Crippen LogP contribution in [0.1, 0.15) is 6.42 Å². The lowest BCUT2D eigenvalue weighted by Gasteiger charge is -2.18. The fourth-order valence-electron chi connectivity index (χ4n) is 2.15. The van der Waals surface area contributed by atoms with Crippen molar-refractivity contribution in [2.45, 2.75) is 11.4 Å². The Hall–Kier alpha value is -1.65. The van der Waals surface area contributed by atoms with Crippen molar-refractivity contribution >= 4 is 38.0 Å². The topological polar surface area (TPSA) is 110 Å². The van der Waals surface area contributed by atoms with Crippen LogP contribution in [0.15, 0.2) is 16.6 Å². The smallest absolute Gasteiger partial charge is 0.262 e. The van der Waals surface area contributed by atoms with E-state index in [-0.39, 0.29) is 36.3 Å². The van der Waals surface area contributed by atoms with Gasteiger partial charge in [-0.05, 0) is 0 Å². The van der Waals surface area contributed by atoms with Crippen LogP contribution < -0.4 is 11.1 Å². The number of carbonyl (C=O) groups excluding carboxylic acids is 1. The molecule has 20 heavy (non-hydrogen) atoms. The van der Waals surface area contributed by atoms with Gasteiger partial charge in [0.25, 0.3) is 10.0 Å². The molecule has 10 heteroatoms. The molecule has 1 aliphatic heterocycles. The minimum absolute atomic E-state index is 0.0135. The first-order valence-corrected chi connectivity index (χ1v) is 8.30. The van der Waals surface area contributed by atoms with Crippen LogP contribution in [0.4, 0.5) is 5.82 Å². The summed E-state index contributed by atoms with van der Waals surface area (Å²) in [6, 6.07) is 0. The van der Waals surface area contributed by atoms with Crippen LogP contribution in [0, 0.1) is 0 Å². The molecule has 2 aromatic rings. The summed E-state index contributed by atoms with van der Waals surface area (Å²) < 4.78 is 28.1. The fraction of sp³-hybridized carbons (Fsp3) is 0.400. The molecule has 1 fully saturated rings. The molecule has 3 heterocycles. The zero-order chi connectivity index (χ0) is 14.3. The molecule has 0 unspecified atom stereocenters. The highest BCUT2D eigenvalue weighted by molar-refractivity contribution is 7.89. The van der Waals surface area contributed by atoms with E-state index >= 15 is 0 Å². The van der Waals surface area contributed by atoms with Gasteiger partial charge in [0.1, 0.15) is 0 Å². The molecule has 0 saturated carbocycles. The average Bonchev–Trinajstić information content (AvgIpc) is 2.83. The van der Waals surface area contributed by atoms with E-state index in [9.17, 15) is 13.2 Å². The van der Waals surface area contributed by atoms with Gasteiger partial charge in [0.15, 0.2) is 15.8 Å². The molecule has 0 aromatic carbocycles. The third-order valence-corrected chi connectivity index (χ3v) is 5.80. The van der Waals surface area contributed by atoms with Crippen molar-refractivity contribution in [3.63, 3.8) is 0 Å². The molecular formula is C10H13N5O3S2. The normalized spacial score (nSPS) is 18.1. The number of nitrogen functional groups attached to an aromatic ring is 1. The number of rotatable bonds is 2. The molecular weight excluding hydrogens is 302 g/mol. The van der Waals surface area contributed by atoms with Gasteiger partial charge in [0, 0.05) is 37.6 Å². The van der Waals surface area contributed by atoms with Gasteiger partial charge in [0.05, 0.1) is 0 Å². The van der Waals surface area contributed by atoms with Gasteiger partial charge >= 0.3 is 0 Å². The molecule has 108 valence electrons. The number of sulfonamides is 1. The van der Waals surface area contributed by atoms with Crippen LogP contribution >= 0.6 is 11.3 Å². The van der Waals surface area contributed by atoms with E-state index in [1.54, 1.807) is 11.6 Å². The van der Waals surface area contributed by atoms with Crippen molar-refractivity contribution in [2.24, 2.45) is 0 Å². The molecule has 2 aromatic heterocycles. The van der Waals surface area contributed by atoms with Crippen LogP contribution in [0.5, 0.6) is 0 Å². The Bertz CT molecular complexity index is 763. The molecule has 0 radical (unpaired) electrons. The van der Waals surface area contributed by atoms with Crippen molar-refractivity contribution in [1.29, 1.82) is 0 Å². The van der Waals surface area contributed by atoms with E-state index < -0.39 is 10.0 Å². The van der Waals surface area contributed by atoms with Gasteiger partial charge in [0.2, 0.25) is 5.91 Å². The molecule has 1 saturated heterocycles. The number of fused-ring (bicyclic) bond motifs is 1. The molecule has 1 aliphatic rings. The maximum absolute atomic E-state index is 12.7. The first-order valence-electron chi connectivity index (χ1n) is 5.98. The van der Waals surface area contributed by atoms with Crippen molar-refractivity contribution < 1.29 is 13.2 Å². The highest BCUT2D eigenvalue weighted by Crippen LogP contribution is 2.26. The summed E-state index contributed by atoms with van der Waals surface area (Å²) in [5, 5.41) is 4.36. The number of nitrogens with one attached hydrogen (secondary N) is 1. The van der Waals surface area contributed by atoms with Gasteiger partial charge in [-0.2, -0.15) is 4.31 Å². The van der Waals surface area contributed by atoms with Crippen molar-refractivity contribution in [3.8, 4) is 0 Å². The third-order valence-electron chi connectivity index (χ3n) is 3.10. The zero-order valence-corrected chi connectivity index (χ0v) is 12.1. The summed E-state index contributed by atoms with van der Waals surface area (Å²) in [5.41, 5.74) is 5.74. The molecule has 0 spiro atoms. The minimum atomic E-state index is -3.77. The summed E-state index contributed by atoms with van der Waals surface area (Å²) in [5.74, 6) is -0.162. The Morgan fingerprint density at radius 2 is 2.20 bits per heavy atom. The van der Waals surface area contributed by atoms with Crippen LogP contribution in [0.25, 0.3) is 4.96 Å². The summed E-state index contributed by atoms with van der Waals surface area (Å²) in [7, 11) is -3.77. The van der Waals surface area contributed by atoms with Crippen LogP contribution in [0.3, 0.4) is 0 Å². The third kappa shape index (κ3) is 2.05. The van der Waals surface area contributed by atoms with Crippen LogP contribution in [-0.4, -0.2) is 47.6 Å². The van der Waals surface area contributed by atoms with E-state index in [2.05, 4.69) is 10.3 Å². The second kappa shape index (κ2) is 4.72. The van der Waals surface area contributed by atoms with Crippen LogP contribution in [0.2, 0.25) is 0 Å². The number of nitrogens with zero attached hydrogens (tertiary/aromatic N) is 3. The maximum Gasteiger partial charge on any atom is 0.262 e. The molecule has 0 atom stereocenters. The number of amides is 1. The van der Waals surface area contributed by atoms with E-state index in [1.807, 2.05) is 0 Å². The van der Waals surface area contributed by atoms with Crippen molar-refractivity contribution in [3.05, 3.63) is 11.6 Å². The number of thiazole rings is 1. The Morgan fingerprint density at radius 3 is 3.00 bits per heavy atom. The monoisotopic (exact) mass is 315 g/mol. The lowest BCUT2D eigenvalue weighted by atomic mass is 10.4. The Kier molecular flexibility index (Phi) is 3.15. The predicted molar refractivity (Wildman–Crippen MR) is 73.9 cm³/mol. The summed E-state index contributed by atoms with van der Waals surface area (Å²) in [6.07, 6.45) is 1.77. The lowest BCUT2D eigenvalue weighted by Crippen LogP contribution is -2.35. The second-order valence-corrected chi connectivity index (χ2v) is 7.09. The second-order valence-electron chi connectivity index (χ2n) is 4.36. The molecule has 1 amide bonds. The predicted octanol–water partition coefficient (Wildman–Crippen LogP) is -0.511. The summed E-state index contributed by atoms with van der Waals surface area (Å²) >= 11 is 1.31. The molecule has 8 nitrogen and oxygen atoms in total. The molecule has 3 N–H and O–H groups in total. The fourth-order valence-corrected chi connectivity index (χ4v) is 4.54. The highest BCUT2D eigenvalue weighted by atomic mass is 32.2. The van der Waals surface area contributed by atoms with Crippen molar-refractivity contribution in [1.82, 2.24) is 19.0 Å². The molecule has 0 bridgehead atoms. The largest absolute Gasteiger partial charge is 0.381 e. The summed E-state index contributed by atoms with van der Waals surface area (Å²) in [4.78, 5) is 15.9. The van der Waals surface area contributed by atoms with E-state index in [1.165, 1.54) is 20.0 Å². The number of hydrogen-bond acceptors (Lipinski definition) is 6. The number of imidazole rings is 1. The highest BCUT2D eigenvalue weighted by Gasteiger charge is 2.32. The first-order chi connectivity index (χ1) is 9.50. The average molecular weight is 315 g/mol. The molecule has 0 aliphatic carbocycles.